The summed E-state index contributed by atoms with van der Waals surface area (Å²) in [5, 5.41) is 1.26. The van der Waals surface area contributed by atoms with E-state index in [2.05, 4.69) is 0 Å². The van der Waals surface area contributed by atoms with Crippen LogP contribution in [0.5, 0.6) is 0 Å². The van der Waals surface area contributed by atoms with E-state index >= 15 is 0 Å². The zero-order valence-corrected chi connectivity index (χ0v) is 6.88. The van der Waals surface area contributed by atoms with Crippen LogP contribution in [0.1, 0.15) is 25.7 Å². The molecule has 0 bridgehead atoms. The van der Waals surface area contributed by atoms with Gasteiger partial charge in [0.2, 0.25) is 0 Å². The Balaban J connectivity index is 2.14. The van der Waals surface area contributed by atoms with E-state index in [4.69, 9.17) is 4.74 Å². The van der Waals surface area contributed by atoms with Crippen LogP contribution < -0.4 is 0 Å². The van der Waals surface area contributed by atoms with Gasteiger partial charge in [0.15, 0.2) is 5.09 Å². The van der Waals surface area contributed by atoms with E-state index in [-0.39, 0.29) is 0 Å². The van der Waals surface area contributed by atoms with E-state index in [9.17, 15) is 0 Å². The fraction of sp³-hybridized carbons (Fsp3) is 0.750. The molecule has 0 saturated carbocycles. The average molecular weight is 156 g/mol. The Morgan fingerprint density at radius 2 is 2.10 bits per heavy atom. The van der Waals surface area contributed by atoms with E-state index in [1.807, 2.05) is 11.8 Å². The molecule has 2 rings (SSSR count). The van der Waals surface area contributed by atoms with Gasteiger partial charge in [-0.25, -0.2) is 0 Å². The molecule has 0 radical (unpaired) electrons. The van der Waals surface area contributed by atoms with E-state index in [1.54, 1.807) is 5.57 Å². The topological polar surface area (TPSA) is 9.23 Å². The second kappa shape index (κ2) is 2.87. The van der Waals surface area contributed by atoms with Crippen LogP contribution in [0.25, 0.3) is 0 Å². The number of thioether (sulfide) groups is 1. The normalized spacial score (nSPS) is 25.6. The zero-order chi connectivity index (χ0) is 6.81. The Labute approximate surface area is 65.8 Å². The Morgan fingerprint density at radius 1 is 1.20 bits per heavy atom. The molecule has 2 heteroatoms. The highest BCUT2D eigenvalue weighted by Crippen LogP contribution is 2.35. The summed E-state index contributed by atoms with van der Waals surface area (Å²) in [4.78, 5) is 0. The smallest absolute Gasteiger partial charge is 0.152 e. The van der Waals surface area contributed by atoms with Crippen LogP contribution in [0, 0.1) is 0 Å². The second-order valence-corrected chi connectivity index (χ2v) is 3.86. The fourth-order valence-electron chi connectivity index (χ4n) is 1.48. The third-order valence-electron chi connectivity index (χ3n) is 2.00. The Hall–Kier alpha value is -0.110. The largest absolute Gasteiger partial charge is 0.487 e. The maximum absolute atomic E-state index is 5.52. The summed E-state index contributed by atoms with van der Waals surface area (Å²) < 4.78 is 5.52. The van der Waals surface area contributed by atoms with Gasteiger partial charge in [-0.05, 0) is 31.3 Å². The van der Waals surface area contributed by atoms with Gasteiger partial charge >= 0.3 is 0 Å². The zero-order valence-electron chi connectivity index (χ0n) is 6.06. The predicted molar refractivity (Wildman–Crippen MR) is 43.9 cm³/mol. The van der Waals surface area contributed by atoms with Crippen LogP contribution in [-0.2, 0) is 4.74 Å². The lowest BCUT2D eigenvalue weighted by molar-refractivity contribution is 0.210. The molecule has 10 heavy (non-hydrogen) atoms. The lowest BCUT2D eigenvalue weighted by atomic mass is 10.1. The van der Waals surface area contributed by atoms with Gasteiger partial charge in [0, 0.05) is 5.75 Å². The molecular formula is C8H12OS. The molecule has 2 aliphatic rings. The molecule has 56 valence electrons. The minimum absolute atomic E-state index is 0.950. The molecule has 0 fully saturated rings. The van der Waals surface area contributed by atoms with Gasteiger partial charge in [0.25, 0.3) is 0 Å². The number of ether oxygens (including phenoxy) is 1. The SMILES string of the molecule is C1COC2=C(C1)CCCS2. The van der Waals surface area contributed by atoms with Crippen LogP contribution >= 0.6 is 11.8 Å². The first-order valence-corrected chi connectivity index (χ1v) is 4.93. The molecule has 1 nitrogen and oxygen atoms in total. The molecule has 0 spiro atoms. The van der Waals surface area contributed by atoms with Gasteiger partial charge in [-0.15, -0.1) is 0 Å². The monoisotopic (exact) mass is 156 g/mol. The summed E-state index contributed by atoms with van der Waals surface area (Å²) in [5.74, 6) is 1.26. The van der Waals surface area contributed by atoms with Crippen LogP contribution in [-0.4, -0.2) is 12.4 Å². The summed E-state index contributed by atoms with van der Waals surface area (Å²) in [6.45, 7) is 0.950. The summed E-state index contributed by atoms with van der Waals surface area (Å²) >= 11 is 1.90. The van der Waals surface area contributed by atoms with Gasteiger partial charge in [-0.1, -0.05) is 11.8 Å². The van der Waals surface area contributed by atoms with E-state index < -0.39 is 0 Å². The van der Waals surface area contributed by atoms with E-state index in [0.29, 0.717) is 0 Å². The number of rotatable bonds is 0. The molecule has 2 aliphatic heterocycles. The molecule has 2 heterocycles. The molecule has 0 aliphatic carbocycles. The third-order valence-corrected chi connectivity index (χ3v) is 3.16. The molecule has 0 saturated heterocycles. The van der Waals surface area contributed by atoms with Crippen molar-refractivity contribution in [1.29, 1.82) is 0 Å². The predicted octanol–water partition coefficient (Wildman–Crippen LogP) is 2.54. The van der Waals surface area contributed by atoms with Crippen molar-refractivity contribution < 1.29 is 4.74 Å². The quantitative estimate of drug-likeness (QED) is 0.533. The Kier molecular flexibility index (Phi) is 1.89. The van der Waals surface area contributed by atoms with Crippen LogP contribution in [0.3, 0.4) is 0 Å². The van der Waals surface area contributed by atoms with Gasteiger partial charge < -0.3 is 4.74 Å². The molecule has 0 aromatic heterocycles. The van der Waals surface area contributed by atoms with Crippen molar-refractivity contribution in [2.75, 3.05) is 12.4 Å². The van der Waals surface area contributed by atoms with Crippen molar-refractivity contribution in [2.24, 2.45) is 0 Å². The first-order valence-electron chi connectivity index (χ1n) is 3.94. The summed E-state index contributed by atoms with van der Waals surface area (Å²) in [7, 11) is 0. The van der Waals surface area contributed by atoms with Gasteiger partial charge in [-0.3, -0.25) is 0 Å². The van der Waals surface area contributed by atoms with Crippen LogP contribution in [0.2, 0.25) is 0 Å². The minimum Gasteiger partial charge on any atom is -0.487 e. The maximum atomic E-state index is 5.52. The summed E-state index contributed by atoms with van der Waals surface area (Å²) in [6, 6.07) is 0. The van der Waals surface area contributed by atoms with Crippen molar-refractivity contribution in [1.82, 2.24) is 0 Å². The summed E-state index contributed by atoms with van der Waals surface area (Å²) in [5.41, 5.74) is 1.59. The number of hydrogen-bond acceptors (Lipinski definition) is 2. The number of allylic oxidation sites excluding steroid dienone is 1. The van der Waals surface area contributed by atoms with Crippen molar-refractivity contribution in [3.8, 4) is 0 Å². The molecule has 0 amide bonds. The van der Waals surface area contributed by atoms with Gasteiger partial charge in [0.05, 0.1) is 6.61 Å². The molecule has 0 N–H and O–H groups in total. The highest BCUT2D eigenvalue weighted by molar-refractivity contribution is 8.02. The molecular weight excluding hydrogens is 144 g/mol. The lowest BCUT2D eigenvalue weighted by Gasteiger charge is -2.24. The third kappa shape index (κ3) is 1.17. The van der Waals surface area contributed by atoms with Gasteiger partial charge in [0.1, 0.15) is 0 Å². The maximum Gasteiger partial charge on any atom is 0.152 e. The second-order valence-electron chi connectivity index (χ2n) is 2.80. The fourth-order valence-corrected chi connectivity index (χ4v) is 2.52. The highest BCUT2D eigenvalue weighted by atomic mass is 32.2. The molecule has 0 unspecified atom stereocenters. The van der Waals surface area contributed by atoms with Crippen molar-refractivity contribution >= 4 is 11.8 Å². The minimum atomic E-state index is 0.950. The van der Waals surface area contributed by atoms with Crippen LogP contribution in [0.4, 0.5) is 0 Å². The standard InChI is InChI=1S/C8H12OS/c1-3-7-4-2-6-10-8(7)9-5-1/h1-6H2. The molecule has 0 aromatic rings. The Morgan fingerprint density at radius 3 is 3.00 bits per heavy atom. The molecule has 0 aromatic carbocycles. The summed E-state index contributed by atoms with van der Waals surface area (Å²) in [6.07, 6.45) is 5.18. The van der Waals surface area contributed by atoms with E-state index in [1.165, 1.54) is 36.5 Å². The van der Waals surface area contributed by atoms with Crippen molar-refractivity contribution in [2.45, 2.75) is 25.7 Å². The average Bonchev–Trinajstić information content (AvgIpc) is 2.05. The molecule has 0 atom stereocenters. The lowest BCUT2D eigenvalue weighted by Crippen LogP contribution is -2.08. The Bertz CT molecular complexity index is 129. The first kappa shape index (κ1) is 6.59. The number of hydrogen-bond donors (Lipinski definition) is 0. The van der Waals surface area contributed by atoms with Crippen LogP contribution in [0.15, 0.2) is 10.7 Å². The first-order chi connectivity index (χ1) is 4.97. The van der Waals surface area contributed by atoms with Crippen molar-refractivity contribution in [3.05, 3.63) is 10.7 Å². The van der Waals surface area contributed by atoms with E-state index in [0.717, 1.165) is 6.61 Å². The van der Waals surface area contributed by atoms with Gasteiger partial charge in [-0.2, -0.15) is 0 Å². The van der Waals surface area contributed by atoms with Crippen molar-refractivity contribution in [3.63, 3.8) is 0 Å². The highest BCUT2D eigenvalue weighted by Gasteiger charge is 2.17.